The van der Waals surface area contributed by atoms with Gasteiger partial charge in [-0.05, 0) is 13.2 Å². The summed E-state index contributed by atoms with van der Waals surface area (Å²) in [5.41, 5.74) is -0.163. The topological polar surface area (TPSA) is 88.4 Å². The average Bonchev–Trinajstić information content (AvgIpc) is 2.33. The standard InChI is InChI=1S/C10H14N2O4S/c1-4-16-8(13)6-12-9(17-3)7(5-11)10(14)15-2/h12H,4,6H2,1-3H3. The van der Waals surface area contributed by atoms with Gasteiger partial charge in [-0.15, -0.1) is 11.8 Å². The molecule has 0 bridgehead atoms. The van der Waals surface area contributed by atoms with Gasteiger partial charge < -0.3 is 14.8 Å². The zero-order chi connectivity index (χ0) is 13.3. The molecule has 0 rings (SSSR count). The van der Waals surface area contributed by atoms with Crippen molar-refractivity contribution in [3.8, 4) is 6.07 Å². The molecule has 0 amide bonds. The smallest absolute Gasteiger partial charge is 0.351 e. The highest BCUT2D eigenvalue weighted by atomic mass is 32.2. The second-order valence-corrected chi connectivity index (χ2v) is 3.49. The molecule has 0 unspecified atom stereocenters. The highest BCUT2D eigenvalue weighted by molar-refractivity contribution is 8.02. The lowest BCUT2D eigenvalue weighted by Crippen LogP contribution is -2.25. The fourth-order valence-corrected chi connectivity index (χ4v) is 1.47. The third kappa shape index (κ3) is 5.26. The van der Waals surface area contributed by atoms with E-state index in [-0.39, 0.29) is 23.8 Å². The summed E-state index contributed by atoms with van der Waals surface area (Å²) in [6.07, 6.45) is 1.67. The van der Waals surface area contributed by atoms with Gasteiger partial charge in [-0.25, -0.2) is 4.79 Å². The highest BCUT2D eigenvalue weighted by Crippen LogP contribution is 2.14. The molecule has 0 saturated carbocycles. The van der Waals surface area contributed by atoms with E-state index in [1.54, 1.807) is 19.2 Å². The molecule has 0 aromatic heterocycles. The minimum atomic E-state index is -0.742. The van der Waals surface area contributed by atoms with E-state index in [0.717, 1.165) is 11.8 Å². The van der Waals surface area contributed by atoms with E-state index in [4.69, 9.17) is 10.00 Å². The predicted molar refractivity (Wildman–Crippen MR) is 62.8 cm³/mol. The monoisotopic (exact) mass is 258 g/mol. The summed E-state index contributed by atoms with van der Waals surface area (Å²) in [5.74, 6) is -1.20. The summed E-state index contributed by atoms with van der Waals surface area (Å²) in [7, 11) is 1.18. The summed E-state index contributed by atoms with van der Waals surface area (Å²) in [4.78, 5) is 22.3. The second kappa shape index (κ2) is 8.47. The molecule has 0 aromatic rings. The summed E-state index contributed by atoms with van der Waals surface area (Å²) in [6.45, 7) is 1.87. The quantitative estimate of drug-likeness (QED) is 0.419. The summed E-state index contributed by atoms with van der Waals surface area (Å²) >= 11 is 1.14. The number of carbonyl (C=O) groups is 2. The number of carbonyl (C=O) groups excluding carboxylic acids is 2. The lowest BCUT2D eigenvalue weighted by atomic mass is 10.3. The Morgan fingerprint density at radius 1 is 1.47 bits per heavy atom. The van der Waals surface area contributed by atoms with Crippen LogP contribution < -0.4 is 5.32 Å². The van der Waals surface area contributed by atoms with Crippen LogP contribution in [0.4, 0.5) is 0 Å². The van der Waals surface area contributed by atoms with Gasteiger partial charge in [0.15, 0.2) is 5.57 Å². The predicted octanol–water partition coefficient (Wildman–Crippen LogP) is 0.410. The summed E-state index contributed by atoms with van der Waals surface area (Å²) in [5, 5.41) is 11.8. The molecular formula is C10H14N2O4S. The molecule has 0 aliphatic rings. The molecule has 6 nitrogen and oxygen atoms in total. The molecule has 94 valence electrons. The number of thioether (sulfide) groups is 1. The largest absolute Gasteiger partial charge is 0.465 e. The maximum Gasteiger partial charge on any atom is 0.351 e. The number of esters is 2. The number of ether oxygens (including phenoxy) is 2. The number of nitrogens with zero attached hydrogens (tertiary/aromatic N) is 1. The van der Waals surface area contributed by atoms with Crippen LogP contribution in [0.15, 0.2) is 10.6 Å². The first-order valence-corrected chi connectivity index (χ1v) is 5.99. The van der Waals surface area contributed by atoms with E-state index in [1.807, 2.05) is 0 Å². The van der Waals surface area contributed by atoms with Gasteiger partial charge in [-0.1, -0.05) is 0 Å². The first-order valence-electron chi connectivity index (χ1n) is 4.76. The Bertz CT molecular complexity index is 360. The number of methoxy groups -OCH3 is 1. The van der Waals surface area contributed by atoms with E-state index in [0.29, 0.717) is 0 Å². The Balaban J connectivity index is 4.70. The van der Waals surface area contributed by atoms with Gasteiger partial charge in [0, 0.05) is 0 Å². The van der Waals surface area contributed by atoms with E-state index in [1.165, 1.54) is 7.11 Å². The first kappa shape index (κ1) is 15.3. The summed E-state index contributed by atoms with van der Waals surface area (Å²) in [6, 6.07) is 1.73. The Morgan fingerprint density at radius 2 is 2.12 bits per heavy atom. The van der Waals surface area contributed by atoms with Gasteiger partial charge in [0.05, 0.1) is 18.7 Å². The third-order valence-corrected chi connectivity index (χ3v) is 2.39. The van der Waals surface area contributed by atoms with Gasteiger partial charge in [0.1, 0.15) is 12.6 Å². The SMILES string of the molecule is CCOC(=O)CNC(SC)=C(C#N)C(=O)OC. The van der Waals surface area contributed by atoms with Crippen molar-refractivity contribution in [2.24, 2.45) is 0 Å². The fraction of sp³-hybridized carbons (Fsp3) is 0.500. The van der Waals surface area contributed by atoms with Crippen molar-refractivity contribution in [1.29, 1.82) is 5.26 Å². The zero-order valence-corrected chi connectivity index (χ0v) is 10.7. The van der Waals surface area contributed by atoms with Crippen molar-refractivity contribution < 1.29 is 19.1 Å². The molecule has 0 saturated heterocycles. The van der Waals surface area contributed by atoms with E-state index >= 15 is 0 Å². The van der Waals surface area contributed by atoms with E-state index in [2.05, 4.69) is 10.1 Å². The van der Waals surface area contributed by atoms with Crippen molar-refractivity contribution >= 4 is 23.7 Å². The maximum absolute atomic E-state index is 11.2. The molecule has 0 heterocycles. The van der Waals surface area contributed by atoms with Gasteiger partial charge >= 0.3 is 11.9 Å². The molecule has 17 heavy (non-hydrogen) atoms. The Labute approximate surface area is 104 Å². The molecule has 0 fully saturated rings. The van der Waals surface area contributed by atoms with Crippen molar-refractivity contribution in [3.05, 3.63) is 10.6 Å². The lowest BCUT2D eigenvalue weighted by Gasteiger charge is -2.09. The van der Waals surface area contributed by atoms with Crippen LogP contribution >= 0.6 is 11.8 Å². The van der Waals surface area contributed by atoms with Crippen molar-refractivity contribution in [1.82, 2.24) is 5.32 Å². The maximum atomic E-state index is 11.2. The zero-order valence-electron chi connectivity index (χ0n) is 9.90. The van der Waals surface area contributed by atoms with Crippen LogP contribution in [-0.2, 0) is 19.1 Å². The van der Waals surface area contributed by atoms with Crippen molar-refractivity contribution in [3.63, 3.8) is 0 Å². The van der Waals surface area contributed by atoms with Gasteiger partial charge in [0.2, 0.25) is 0 Å². The molecule has 0 aromatic carbocycles. The number of nitriles is 1. The van der Waals surface area contributed by atoms with E-state index in [9.17, 15) is 9.59 Å². The van der Waals surface area contributed by atoms with Crippen LogP contribution in [-0.4, -0.2) is 38.5 Å². The van der Waals surface area contributed by atoms with Gasteiger partial charge in [-0.2, -0.15) is 5.26 Å². The Hall–Kier alpha value is -1.68. The van der Waals surface area contributed by atoms with Gasteiger partial charge in [-0.3, -0.25) is 4.79 Å². The van der Waals surface area contributed by atoms with Crippen LogP contribution in [0, 0.1) is 11.3 Å². The number of rotatable bonds is 6. The Morgan fingerprint density at radius 3 is 2.53 bits per heavy atom. The third-order valence-electron chi connectivity index (χ3n) is 1.63. The number of hydrogen-bond acceptors (Lipinski definition) is 7. The molecule has 0 aliphatic carbocycles. The minimum absolute atomic E-state index is 0.105. The van der Waals surface area contributed by atoms with Crippen LogP contribution in [0.3, 0.4) is 0 Å². The average molecular weight is 258 g/mol. The molecule has 0 spiro atoms. The van der Waals surface area contributed by atoms with Crippen LogP contribution in [0.5, 0.6) is 0 Å². The van der Waals surface area contributed by atoms with Crippen LogP contribution in [0.25, 0.3) is 0 Å². The molecule has 0 aliphatic heterocycles. The highest BCUT2D eigenvalue weighted by Gasteiger charge is 2.16. The molecule has 7 heteroatoms. The Kier molecular flexibility index (Phi) is 7.63. The minimum Gasteiger partial charge on any atom is -0.465 e. The van der Waals surface area contributed by atoms with Gasteiger partial charge in [0.25, 0.3) is 0 Å². The second-order valence-electron chi connectivity index (χ2n) is 2.67. The van der Waals surface area contributed by atoms with Crippen molar-refractivity contribution in [2.45, 2.75) is 6.92 Å². The van der Waals surface area contributed by atoms with Crippen LogP contribution in [0.1, 0.15) is 6.92 Å². The molecule has 0 radical (unpaired) electrons. The first-order chi connectivity index (χ1) is 8.10. The fourth-order valence-electron chi connectivity index (χ4n) is 0.918. The molecule has 1 N–H and O–H groups in total. The van der Waals surface area contributed by atoms with Crippen LogP contribution in [0.2, 0.25) is 0 Å². The molecule has 0 atom stereocenters. The number of hydrogen-bond donors (Lipinski definition) is 1. The molecular weight excluding hydrogens is 244 g/mol. The normalized spacial score (nSPS) is 10.9. The number of nitrogens with one attached hydrogen (secondary N) is 1. The van der Waals surface area contributed by atoms with Crippen molar-refractivity contribution in [2.75, 3.05) is 26.5 Å². The lowest BCUT2D eigenvalue weighted by molar-refractivity contribution is -0.142. The van der Waals surface area contributed by atoms with E-state index < -0.39 is 11.9 Å². The summed E-state index contributed by atoms with van der Waals surface area (Å²) < 4.78 is 9.16.